The van der Waals surface area contributed by atoms with E-state index in [4.69, 9.17) is 0 Å². The Labute approximate surface area is 83.9 Å². The maximum absolute atomic E-state index is 13.4. The van der Waals surface area contributed by atoms with E-state index < -0.39 is 0 Å². The van der Waals surface area contributed by atoms with Crippen molar-refractivity contribution in [2.75, 3.05) is 0 Å². The van der Waals surface area contributed by atoms with Crippen LogP contribution in [0.4, 0.5) is 4.39 Å². The smallest absolute Gasteiger partial charge is 0.126 e. The van der Waals surface area contributed by atoms with Gasteiger partial charge < -0.3 is 4.79 Å². The quantitative estimate of drug-likeness (QED) is 0.676. The summed E-state index contributed by atoms with van der Waals surface area (Å²) in [5.41, 5.74) is 2.70. The van der Waals surface area contributed by atoms with Crippen LogP contribution in [-0.2, 0) is 11.2 Å². The molecule has 76 valence electrons. The van der Waals surface area contributed by atoms with Crippen molar-refractivity contribution in [1.82, 2.24) is 0 Å². The van der Waals surface area contributed by atoms with Crippen LogP contribution in [0.1, 0.15) is 23.6 Å². The molecule has 1 rings (SSSR count). The van der Waals surface area contributed by atoms with Crippen molar-refractivity contribution >= 4 is 6.29 Å². The zero-order chi connectivity index (χ0) is 10.7. The molecule has 1 aromatic carbocycles. The molecule has 0 N–H and O–H groups in total. The SMILES string of the molecule is Cc1ccc(F)c(CC(C)C=O)c1C. The molecule has 0 saturated carbocycles. The van der Waals surface area contributed by atoms with Gasteiger partial charge in [-0.2, -0.15) is 0 Å². The molecule has 14 heavy (non-hydrogen) atoms. The molecule has 1 aromatic rings. The molecule has 0 radical (unpaired) electrons. The normalized spacial score (nSPS) is 12.6. The lowest BCUT2D eigenvalue weighted by Crippen LogP contribution is -2.05. The molecule has 1 nitrogen and oxygen atoms in total. The van der Waals surface area contributed by atoms with E-state index >= 15 is 0 Å². The molecule has 0 heterocycles. The molecule has 0 aliphatic heterocycles. The van der Waals surface area contributed by atoms with Crippen LogP contribution in [0.25, 0.3) is 0 Å². The fourth-order valence-corrected chi connectivity index (χ4v) is 1.46. The van der Waals surface area contributed by atoms with Gasteiger partial charge in [-0.1, -0.05) is 13.0 Å². The van der Waals surface area contributed by atoms with Gasteiger partial charge in [0.2, 0.25) is 0 Å². The summed E-state index contributed by atoms with van der Waals surface area (Å²) >= 11 is 0. The van der Waals surface area contributed by atoms with Gasteiger partial charge in [0.15, 0.2) is 0 Å². The van der Waals surface area contributed by atoms with Crippen LogP contribution in [0.3, 0.4) is 0 Å². The van der Waals surface area contributed by atoms with Gasteiger partial charge >= 0.3 is 0 Å². The average molecular weight is 194 g/mol. The average Bonchev–Trinajstić information content (AvgIpc) is 2.18. The Kier molecular flexibility index (Phi) is 3.39. The Morgan fingerprint density at radius 1 is 1.43 bits per heavy atom. The first-order valence-electron chi connectivity index (χ1n) is 4.76. The third kappa shape index (κ3) is 2.19. The molecule has 0 aliphatic carbocycles. The number of rotatable bonds is 3. The number of hydrogen-bond acceptors (Lipinski definition) is 1. The van der Waals surface area contributed by atoms with E-state index in [0.29, 0.717) is 12.0 Å². The summed E-state index contributed by atoms with van der Waals surface area (Å²) in [6.45, 7) is 5.64. The molecule has 0 bridgehead atoms. The van der Waals surface area contributed by atoms with Crippen molar-refractivity contribution in [2.24, 2.45) is 5.92 Å². The van der Waals surface area contributed by atoms with E-state index in [9.17, 15) is 9.18 Å². The van der Waals surface area contributed by atoms with Crippen LogP contribution >= 0.6 is 0 Å². The Balaban J connectivity index is 3.06. The first-order chi connectivity index (χ1) is 6.56. The van der Waals surface area contributed by atoms with Gasteiger partial charge in [0, 0.05) is 5.92 Å². The highest BCUT2D eigenvalue weighted by Gasteiger charge is 2.11. The topological polar surface area (TPSA) is 17.1 Å². The van der Waals surface area contributed by atoms with Gasteiger partial charge in [0.25, 0.3) is 0 Å². The van der Waals surface area contributed by atoms with Crippen molar-refractivity contribution in [3.8, 4) is 0 Å². The Morgan fingerprint density at radius 2 is 2.07 bits per heavy atom. The number of carbonyl (C=O) groups excluding carboxylic acids is 1. The molecule has 1 unspecified atom stereocenters. The van der Waals surface area contributed by atoms with Gasteiger partial charge in [0.05, 0.1) is 0 Å². The van der Waals surface area contributed by atoms with Crippen molar-refractivity contribution in [3.63, 3.8) is 0 Å². The standard InChI is InChI=1S/C12H15FO/c1-8(7-14)6-11-10(3)9(2)4-5-12(11)13/h4-5,7-8H,6H2,1-3H3. The molecule has 0 fully saturated rings. The van der Waals surface area contributed by atoms with Gasteiger partial charge in [-0.3, -0.25) is 0 Å². The lowest BCUT2D eigenvalue weighted by Gasteiger charge is -2.11. The third-order valence-electron chi connectivity index (χ3n) is 2.57. The van der Waals surface area contributed by atoms with E-state index in [1.807, 2.05) is 13.8 Å². The second-order valence-electron chi connectivity index (χ2n) is 3.79. The lowest BCUT2D eigenvalue weighted by molar-refractivity contribution is -0.110. The number of aldehydes is 1. The summed E-state index contributed by atoms with van der Waals surface area (Å²) in [4.78, 5) is 10.5. The number of hydrogen-bond donors (Lipinski definition) is 0. The summed E-state index contributed by atoms with van der Waals surface area (Å²) in [5, 5.41) is 0. The number of halogens is 1. The lowest BCUT2D eigenvalue weighted by atomic mass is 9.95. The van der Waals surface area contributed by atoms with Crippen molar-refractivity contribution < 1.29 is 9.18 Å². The Morgan fingerprint density at radius 3 is 2.64 bits per heavy atom. The second-order valence-corrected chi connectivity index (χ2v) is 3.79. The third-order valence-corrected chi connectivity index (χ3v) is 2.57. The van der Waals surface area contributed by atoms with Crippen LogP contribution in [-0.4, -0.2) is 6.29 Å². The molecular formula is C12H15FO. The van der Waals surface area contributed by atoms with Crippen molar-refractivity contribution in [1.29, 1.82) is 0 Å². The first kappa shape index (κ1) is 10.9. The van der Waals surface area contributed by atoms with Gasteiger partial charge in [-0.05, 0) is 43.0 Å². The zero-order valence-electron chi connectivity index (χ0n) is 8.80. The molecule has 0 spiro atoms. The van der Waals surface area contributed by atoms with E-state index in [1.165, 1.54) is 6.07 Å². The van der Waals surface area contributed by atoms with Crippen molar-refractivity contribution in [3.05, 3.63) is 34.6 Å². The predicted molar refractivity (Wildman–Crippen MR) is 54.8 cm³/mol. The monoisotopic (exact) mass is 194 g/mol. The first-order valence-corrected chi connectivity index (χ1v) is 4.76. The summed E-state index contributed by atoms with van der Waals surface area (Å²) in [5.74, 6) is -0.327. The molecule has 0 amide bonds. The van der Waals surface area contributed by atoms with Crippen LogP contribution in [0.15, 0.2) is 12.1 Å². The van der Waals surface area contributed by atoms with E-state index in [-0.39, 0.29) is 11.7 Å². The highest BCUT2D eigenvalue weighted by molar-refractivity contribution is 5.54. The van der Waals surface area contributed by atoms with Crippen LogP contribution < -0.4 is 0 Å². The number of benzene rings is 1. The number of carbonyl (C=O) groups is 1. The fraction of sp³-hybridized carbons (Fsp3) is 0.417. The summed E-state index contributed by atoms with van der Waals surface area (Å²) in [6, 6.07) is 3.23. The highest BCUT2D eigenvalue weighted by Crippen LogP contribution is 2.19. The number of aryl methyl sites for hydroxylation is 1. The molecule has 2 heteroatoms. The predicted octanol–water partition coefficient (Wildman–Crippen LogP) is 2.82. The van der Waals surface area contributed by atoms with Gasteiger partial charge in [0.1, 0.15) is 12.1 Å². The minimum atomic E-state index is -0.207. The molecule has 1 atom stereocenters. The molecule has 0 aliphatic rings. The summed E-state index contributed by atoms with van der Waals surface area (Å²) in [6.07, 6.45) is 1.35. The largest absolute Gasteiger partial charge is 0.303 e. The fourth-order valence-electron chi connectivity index (χ4n) is 1.46. The van der Waals surface area contributed by atoms with Gasteiger partial charge in [-0.25, -0.2) is 4.39 Å². The summed E-state index contributed by atoms with van der Waals surface area (Å²) in [7, 11) is 0. The minimum absolute atomic E-state index is 0.120. The minimum Gasteiger partial charge on any atom is -0.303 e. The van der Waals surface area contributed by atoms with E-state index in [0.717, 1.165) is 17.4 Å². The zero-order valence-corrected chi connectivity index (χ0v) is 8.80. The van der Waals surface area contributed by atoms with Crippen LogP contribution in [0, 0.1) is 25.6 Å². The Bertz CT molecular complexity index is 344. The summed E-state index contributed by atoms with van der Waals surface area (Å²) < 4.78 is 13.4. The molecular weight excluding hydrogens is 179 g/mol. The second kappa shape index (κ2) is 4.36. The molecule has 0 aromatic heterocycles. The van der Waals surface area contributed by atoms with Crippen LogP contribution in [0.5, 0.6) is 0 Å². The van der Waals surface area contributed by atoms with Crippen LogP contribution in [0.2, 0.25) is 0 Å². The molecule has 0 saturated heterocycles. The maximum Gasteiger partial charge on any atom is 0.126 e. The highest BCUT2D eigenvalue weighted by atomic mass is 19.1. The Hall–Kier alpha value is -1.18. The van der Waals surface area contributed by atoms with E-state index in [1.54, 1.807) is 13.0 Å². The van der Waals surface area contributed by atoms with E-state index in [2.05, 4.69) is 0 Å². The van der Waals surface area contributed by atoms with Gasteiger partial charge in [-0.15, -0.1) is 0 Å². The maximum atomic E-state index is 13.4. The van der Waals surface area contributed by atoms with Crippen molar-refractivity contribution in [2.45, 2.75) is 27.2 Å².